The van der Waals surface area contributed by atoms with Crippen LogP contribution >= 0.6 is 0 Å². The summed E-state index contributed by atoms with van der Waals surface area (Å²) in [6.45, 7) is 4.42. The highest BCUT2D eigenvalue weighted by Gasteiger charge is 2.34. The van der Waals surface area contributed by atoms with Gasteiger partial charge in [-0.2, -0.15) is 0 Å². The van der Waals surface area contributed by atoms with Crippen molar-refractivity contribution in [3.8, 4) is 0 Å². The number of Topliss-reactive ketones (excluding diaryl/α,β-unsaturated/α-hetero) is 1. The first-order chi connectivity index (χ1) is 15.1. The van der Waals surface area contributed by atoms with Crippen LogP contribution in [0.4, 0.5) is 0 Å². The minimum atomic E-state index is -0.284. The average Bonchev–Trinajstić information content (AvgIpc) is 3.24. The summed E-state index contributed by atoms with van der Waals surface area (Å²) in [5.41, 5.74) is 3.26. The van der Waals surface area contributed by atoms with E-state index < -0.39 is 0 Å². The molecule has 0 amide bonds. The maximum absolute atomic E-state index is 14.0. The minimum Gasteiger partial charge on any atom is -0.392 e. The number of carbonyl (C=O) groups excluding carboxylic acids is 1. The third kappa shape index (κ3) is 5.12. The number of hydrogen-bond donors (Lipinski definition) is 1. The highest BCUT2D eigenvalue weighted by Crippen LogP contribution is 2.35. The molecule has 3 aromatic rings. The fourth-order valence-corrected chi connectivity index (χ4v) is 4.78. The molecule has 4 rings (SSSR count). The normalized spacial score (nSPS) is 18.7. The first-order valence-corrected chi connectivity index (χ1v) is 11.2. The van der Waals surface area contributed by atoms with Gasteiger partial charge in [0.05, 0.1) is 12.0 Å². The van der Waals surface area contributed by atoms with Crippen LogP contribution in [0.5, 0.6) is 0 Å². The number of aliphatic hydroxyl groups is 1. The summed E-state index contributed by atoms with van der Waals surface area (Å²) < 4.78 is 0. The van der Waals surface area contributed by atoms with Gasteiger partial charge in [-0.3, -0.25) is 4.79 Å². The topological polar surface area (TPSA) is 40.5 Å². The molecule has 3 heteroatoms. The molecule has 0 saturated carbocycles. The van der Waals surface area contributed by atoms with Crippen LogP contribution in [-0.2, 0) is 4.79 Å². The summed E-state index contributed by atoms with van der Waals surface area (Å²) in [6, 6.07) is 30.6. The zero-order valence-corrected chi connectivity index (χ0v) is 18.1. The van der Waals surface area contributed by atoms with E-state index in [2.05, 4.69) is 48.2 Å². The lowest BCUT2D eigenvalue weighted by molar-refractivity contribution is -0.123. The highest BCUT2D eigenvalue weighted by atomic mass is 16.3. The zero-order valence-electron chi connectivity index (χ0n) is 18.1. The van der Waals surface area contributed by atoms with Crippen molar-refractivity contribution in [3.63, 3.8) is 0 Å². The SMILES string of the molecule is CC(C(=O)C(c1ccccc1)c1ccccc1)[C@@H](CN1CC[C@@H](O)C1)c1ccccc1. The summed E-state index contributed by atoms with van der Waals surface area (Å²) in [4.78, 5) is 16.3. The molecule has 1 fully saturated rings. The molecule has 1 aliphatic rings. The Bertz CT molecular complexity index is 919. The Morgan fingerprint density at radius 3 is 1.81 bits per heavy atom. The predicted molar refractivity (Wildman–Crippen MR) is 125 cm³/mol. The summed E-state index contributed by atoms with van der Waals surface area (Å²) in [5.74, 6) is -0.127. The third-order valence-electron chi connectivity index (χ3n) is 6.53. The molecule has 160 valence electrons. The quantitative estimate of drug-likeness (QED) is 0.573. The van der Waals surface area contributed by atoms with Gasteiger partial charge < -0.3 is 10.0 Å². The molecule has 1 unspecified atom stereocenters. The lowest BCUT2D eigenvalue weighted by atomic mass is 9.76. The summed E-state index contributed by atoms with van der Waals surface area (Å²) in [7, 11) is 0. The Balaban J connectivity index is 1.66. The van der Waals surface area contributed by atoms with Crippen LogP contribution in [0, 0.1) is 5.92 Å². The Labute approximate surface area is 185 Å². The maximum atomic E-state index is 14.0. The number of nitrogens with zero attached hydrogens (tertiary/aromatic N) is 1. The van der Waals surface area contributed by atoms with Gasteiger partial charge in [0.15, 0.2) is 0 Å². The average molecular weight is 414 g/mol. The number of carbonyl (C=O) groups is 1. The lowest BCUT2D eigenvalue weighted by Crippen LogP contribution is -2.34. The molecule has 0 bridgehead atoms. The van der Waals surface area contributed by atoms with Crippen molar-refractivity contribution in [2.24, 2.45) is 5.92 Å². The number of β-amino-alcohol motifs (C(OH)–C–C–N with tert-alkyl or cyclic N) is 1. The number of rotatable bonds is 8. The van der Waals surface area contributed by atoms with E-state index in [1.54, 1.807) is 0 Å². The van der Waals surface area contributed by atoms with Gasteiger partial charge in [-0.15, -0.1) is 0 Å². The molecule has 3 nitrogen and oxygen atoms in total. The van der Waals surface area contributed by atoms with E-state index in [1.165, 1.54) is 5.56 Å². The monoisotopic (exact) mass is 413 g/mol. The zero-order chi connectivity index (χ0) is 21.6. The van der Waals surface area contributed by atoms with Crippen LogP contribution in [0.3, 0.4) is 0 Å². The van der Waals surface area contributed by atoms with E-state index in [-0.39, 0.29) is 29.6 Å². The number of hydrogen-bond acceptors (Lipinski definition) is 3. The second-order valence-electron chi connectivity index (χ2n) is 8.66. The van der Waals surface area contributed by atoms with Crippen molar-refractivity contribution < 1.29 is 9.90 Å². The summed E-state index contributed by atoms with van der Waals surface area (Å²) in [5, 5.41) is 10.0. The molecular weight excluding hydrogens is 382 g/mol. The Hall–Kier alpha value is -2.75. The van der Waals surface area contributed by atoms with E-state index >= 15 is 0 Å². The van der Waals surface area contributed by atoms with Gasteiger partial charge in [0.25, 0.3) is 0 Å². The molecule has 3 atom stereocenters. The molecule has 0 spiro atoms. The van der Waals surface area contributed by atoms with E-state index in [9.17, 15) is 9.90 Å². The van der Waals surface area contributed by atoms with Crippen molar-refractivity contribution in [1.29, 1.82) is 0 Å². The molecule has 1 N–H and O–H groups in total. The Morgan fingerprint density at radius 2 is 1.35 bits per heavy atom. The minimum absolute atomic E-state index is 0.0777. The number of aliphatic hydroxyl groups excluding tert-OH is 1. The second-order valence-corrected chi connectivity index (χ2v) is 8.66. The van der Waals surface area contributed by atoms with Crippen molar-refractivity contribution >= 4 is 5.78 Å². The first-order valence-electron chi connectivity index (χ1n) is 11.2. The molecule has 0 aromatic heterocycles. The van der Waals surface area contributed by atoms with Gasteiger partial charge in [0.2, 0.25) is 0 Å². The summed E-state index contributed by atoms with van der Waals surface area (Å²) in [6.07, 6.45) is 0.546. The van der Waals surface area contributed by atoms with Crippen LogP contribution in [0.1, 0.15) is 41.9 Å². The van der Waals surface area contributed by atoms with Crippen molar-refractivity contribution in [2.75, 3.05) is 19.6 Å². The largest absolute Gasteiger partial charge is 0.392 e. The highest BCUT2D eigenvalue weighted by molar-refractivity contribution is 5.91. The van der Waals surface area contributed by atoms with Crippen molar-refractivity contribution in [2.45, 2.75) is 31.3 Å². The molecular formula is C28H31NO2. The van der Waals surface area contributed by atoms with Gasteiger partial charge in [0, 0.05) is 31.5 Å². The van der Waals surface area contributed by atoms with Gasteiger partial charge >= 0.3 is 0 Å². The number of benzene rings is 3. The van der Waals surface area contributed by atoms with Gasteiger partial charge in [0.1, 0.15) is 5.78 Å². The van der Waals surface area contributed by atoms with Crippen molar-refractivity contribution in [3.05, 3.63) is 108 Å². The van der Waals surface area contributed by atoms with Crippen LogP contribution in [0.15, 0.2) is 91.0 Å². The van der Waals surface area contributed by atoms with E-state index in [0.717, 1.165) is 30.6 Å². The molecule has 1 saturated heterocycles. The molecule has 1 aliphatic heterocycles. The number of ketones is 1. The number of likely N-dealkylation sites (tertiary alicyclic amines) is 1. The fraction of sp³-hybridized carbons (Fsp3) is 0.321. The van der Waals surface area contributed by atoms with Crippen LogP contribution < -0.4 is 0 Å². The van der Waals surface area contributed by atoms with Gasteiger partial charge in [-0.1, -0.05) is 97.9 Å². The molecule has 3 aromatic carbocycles. The van der Waals surface area contributed by atoms with E-state index in [0.29, 0.717) is 6.54 Å². The van der Waals surface area contributed by atoms with Crippen LogP contribution in [-0.4, -0.2) is 41.5 Å². The fourth-order valence-electron chi connectivity index (χ4n) is 4.78. The Kier molecular flexibility index (Phi) is 6.96. The van der Waals surface area contributed by atoms with E-state index in [1.807, 2.05) is 54.6 Å². The standard InChI is InChI=1S/C28H31NO2/c1-21(26(22-11-5-2-6-12-22)20-29-18-17-25(30)19-29)28(31)27(23-13-7-3-8-14-23)24-15-9-4-10-16-24/h2-16,21,25-27,30H,17-20H2,1H3/t21?,25-,26-/m1/s1. The van der Waals surface area contributed by atoms with Crippen molar-refractivity contribution in [1.82, 2.24) is 4.90 Å². The molecule has 0 radical (unpaired) electrons. The van der Waals surface area contributed by atoms with Crippen LogP contribution in [0.25, 0.3) is 0 Å². The van der Waals surface area contributed by atoms with Crippen LogP contribution in [0.2, 0.25) is 0 Å². The lowest BCUT2D eigenvalue weighted by Gasteiger charge is -2.31. The van der Waals surface area contributed by atoms with E-state index in [4.69, 9.17) is 0 Å². The maximum Gasteiger partial charge on any atom is 0.148 e. The second kappa shape index (κ2) is 10.0. The predicted octanol–water partition coefficient (Wildman–Crippen LogP) is 4.87. The van der Waals surface area contributed by atoms with Gasteiger partial charge in [-0.25, -0.2) is 0 Å². The molecule has 0 aliphatic carbocycles. The first kappa shape index (κ1) is 21.5. The summed E-state index contributed by atoms with van der Waals surface area (Å²) >= 11 is 0. The third-order valence-corrected chi connectivity index (χ3v) is 6.53. The Morgan fingerprint density at radius 1 is 0.871 bits per heavy atom. The molecule has 31 heavy (non-hydrogen) atoms. The smallest absolute Gasteiger partial charge is 0.148 e. The van der Waals surface area contributed by atoms with Gasteiger partial charge in [-0.05, 0) is 23.1 Å². The molecule has 1 heterocycles.